The van der Waals surface area contributed by atoms with Gasteiger partial charge >= 0.3 is 5.69 Å². The zero-order chi connectivity index (χ0) is 17.5. The van der Waals surface area contributed by atoms with Crippen LogP contribution in [0, 0.1) is 20.2 Å². The highest BCUT2D eigenvalue weighted by atomic mass is 16.6. The van der Waals surface area contributed by atoms with Crippen LogP contribution < -0.4 is 5.43 Å². The summed E-state index contributed by atoms with van der Waals surface area (Å²) in [7, 11) is 0. The molecule has 0 fully saturated rings. The number of nitro groups is 2. The molecule has 0 spiro atoms. The van der Waals surface area contributed by atoms with Gasteiger partial charge < -0.3 is 0 Å². The number of rotatable bonds is 6. The highest BCUT2D eigenvalue weighted by molar-refractivity contribution is 5.85. The van der Waals surface area contributed by atoms with Crippen LogP contribution in [-0.4, -0.2) is 16.1 Å². The van der Waals surface area contributed by atoms with Gasteiger partial charge in [0.15, 0.2) is 0 Å². The van der Waals surface area contributed by atoms with E-state index in [-0.39, 0.29) is 11.4 Å². The maximum Gasteiger partial charge on any atom is 0.301 e. The molecule has 2 rings (SSSR count). The van der Waals surface area contributed by atoms with Crippen LogP contribution >= 0.6 is 0 Å². The van der Waals surface area contributed by atoms with E-state index in [9.17, 15) is 20.2 Å². The Morgan fingerprint density at radius 1 is 1.08 bits per heavy atom. The summed E-state index contributed by atoms with van der Waals surface area (Å²) in [5.41, 5.74) is 3.69. The van der Waals surface area contributed by atoms with Crippen molar-refractivity contribution in [3.8, 4) is 0 Å². The van der Waals surface area contributed by atoms with Gasteiger partial charge in [-0.05, 0) is 24.1 Å². The molecule has 0 aliphatic rings. The lowest BCUT2D eigenvalue weighted by atomic mass is 10.1. The lowest BCUT2D eigenvalue weighted by Gasteiger charge is -2.02. The molecule has 2 aromatic carbocycles. The van der Waals surface area contributed by atoms with E-state index in [1.165, 1.54) is 18.3 Å². The lowest BCUT2D eigenvalue weighted by Crippen LogP contribution is -1.98. The Hall–Kier alpha value is -3.55. The van der Waals surface area contributed by atoms with Gasteiger partial charge in [0.2, 0.25) is 0 Å². The summed E-state index contributed by atoms with van der Waals surface area (Å²) >= 11 is 0. The summed E-state index contributed by atoms with van der Waals surface area (Å²) in [6.45, 7) is 1.84. The Kier molecular flexibility index (Phi) is 5.35. The third kappa shape index (κ3) is 4.47. The summed E-state index contributed by atoms with van der Waals surface area (Å²) in [4.78, 5) is 20.3. The van der Waals surface area contributed by atoms with Crippen LogP contribution in [0.3, 0.4) is 0 Å². The van der Waals surface area contributed by atoms with Crippen LogP contribution in [0.4, 0.5) is 17.1 Å². The van der Waals surface area contributed by atoms with Gasteiger partial charge in [0.1, 0.15) is 5.69 Å². The molecule has 8 nitrogen and oxygen atoms in total. The van der Waals surface area contributed by atoms with Gasteiger partial charge in [0.05, 0.1) is 22.1 Å². The van der Waals surface area contributed by atoms with Crippen LogP contribution in [-0.2, 0) is 0 Å². The minimum Gasteiger partial charge on any atom is -0.272 e. The summed E-state index contributed by atoms with van der Waals surface area (Å²) in [6.07, 6.45) is 3.41. The molecule has 0 unspecified atom stereocenters. The molecule has 0 aliphatic heterocycles. The number of non-ortho nitro benzene ring substituents is 1. The first-order valence-electron chi connectivity index (χ1n) is 6.92. The van der Waals surface area contributed by atoms with E-state index in [0.717, 1.165) is 17.2 Å². The van der Waals surface area contributed by atoms with E-state index in [0.29, 0.717) is 0 Å². The molecule has 1 N–H and O–H groups in total. The first kappa shape index (κ1) is 16.8. The molecule has 24 heavy (non-hydrogen) atoms. The Morgan fingerprint density at radius 3 is 2.42 bits per heavy atom. The zero-order valence-electron chi connectivity index (χ0n) is 12.7. The van der Waals surface area contributed by atoms with E-state index in [1.807, 2.05) is 43.3 Å². The van der Waals surface area contributed by atoms with Crippen LogP contribution in [0.2, 0.25) is 0 Å². The van der Waals surface area contributed by atoms with E-state index < -0.39 is 15.5 Å². The first-order valence-corrected chi connectivity index (χ1v) is 6.92. The Morgan fingerprint density at radius 2 is 1.79 bits per heavy atom. The van der Waals surface area contributed by atoms with Crippen molar-refractivity contribution in [3.63, 3.8) is 0 Å². The standard InChI is InChI=1S/C16H14N4O4/c1-12(9-13-5-3-2-4-6-13)11-17-18-15-8-7-14(19(21)22)10-16(15)20(23)24/h2-11,18H,1H3/b12-9-,17-11?. The normalized spacial score (nSPS) is 11.5. The summed E-state index contributed by atoms with van der Waals surface area (Å²) in [6, 6.07) is 12.9. The molecule has 122 valence electrons. The molecular weight excluding hydrogens is 312 g/mol. The highest BCUT2D eigenvalue weighted by Gasteiger charge is 2.18. The van der Waals surface area contributed by atoms with Crippen molar-refractivity contribution in [3.05, 3.63) is 79.9 Å². The predicted molar refractivity (Wildman–Crippen MR) is 92.0 cm³/mol. The van der Waals surface area contributed by atoms with Crippen LogP contribution in [0.1, 0.15) is 12.5 Å². The van der Waals surface area contributed by atoms with Crippen molar-refractivity contribution < 1.29 is 9.85 Å². The van der Waals surface area contributed by atoms with Gasteiger partial charge in [-0.2, -0.15) is 5.10 Å². The first-order chi connectivity index (χ1) is 11.5. The number of nitrogens with one attached hydrogen (secondary N) is 1. The largest absolute Gasteiger partial charge is 0.301 e. The SMILES string of the molecule is C/C(C=NNc1ccc([N+](=O)[O-])cc1[N+](=O)[O-])=C/c1ccccc1. The Labute approximate surface area is 137 Å². The zero-order valence-corrected chi connectivity index (χ0v) is 12.7. The van der Waals surface area contributed by atoms with E-state index in [4.69, 9.17) is 0 Å². The van der Waals surface area contributed by atoms with Crippen molar-refractivity contribution in [1.29, 1.82) is 0 Å². The van der Waals surface area contributed by atoms with Gasteiger partial charge in [-0.15, -0.1) is 0 Å². The van der Waals surface area contributed by atoms with Gasteiger partial charge in [-0.1, -0.05) is 36.4 Å². The fourth-order valence-electron chi connectivity index (χ4n) is 1.93. The number of benzene rings is 2. The van der Waals surface area contributed by atoms with Crippen molar-refractivity contribution in [2.45, 2.75) is 6.92 Å². The predicted octanol–water partition coefficient (Wildman–Crippen LogP) is 4.00. The van der Waals surface area contributed by atoms with Crippen molar-refractivity contribution in [2.24, 2.45) is 5.10 Å². The van der Waals surface area contributed by atoms with Gasteiger partial charge in [0.25, 0.3) is 5.69 Å². The lowest BCUT2D eigenvalue weighted by molar-refractivity contribution is -0.393. The monoisotopic (exact) mass is 326 g/mol. The second-order valence-electron chi connectivity index (χ2n) is 4.88. The van der Waals surface area contributed by atoms with E-state index in [1.54, 1.807) is 0 Å². The molecule has 8 heteroatoms. The Bertz CT molecular complexity index is 816. The van der Waals surface area contributed by atoms with Crippen LogP contribution in [0.25, 0.3) is 6.08 Å². The number of nitrogens with zero attached hydrogens (tertiary/aromatic N) is 3. The van der Waals surface area contributed by atoms with Gasteiger partial charge in [-0.3, -0.25) is 25.7 Å². The Balaban J connectivity index is 2.15. The molecule has 2 aromatic rings. The summed E-state index contributed by atoms with van der Waals surface area (Å²) < 4.78 is 0. The number of hydrogen-bond donors (Lipinski definition) is 1. The number of allylic oxidation sites excluding steroid dienone is 1. The van der Waals surface area contributed by atoms with E-state index >= 15 is 0 Å². The third-order valence-electron chi connectivity index (χ3n) is 3.04. The maximum atomic E-state index is 11.0. The minimum atomic E-state index is -0.697. The molecule has 0 bridgehead atoms. The number of anilines is 1. The molecule has 0 heterocycles. The van der Waals surface area contributed by atoms with Crippen molar-refractivity contribution in [1.82, 2.24) is 0 Å². The summed E-state index contributed by atoms with van der Waals surface area (Å²) in [5.74, 6) is 0. The molecule has 0 saturated carbocycles. The minimum absolute atomic E-state index is 0.0781. The number of nitro benzene ring substituents is 2. The van der Waals surface area contributed by atoms with Crippen molar-refractivity contribution in [2.75, 3.05) is 5.43 Å². The number of hydrazone groups is 1. The third-order valence-corrected chi connectivity index (χ3v) is 3.04. The number of hydrogen-bond acceptors (Lipinski definition) is 6. The molecule has 0 atom stereocenters. The molecule has 0 saturated heterocycles. The fourth-order valence-corrected chi connectivity index (χ4v) is 1.93. The summed E-state index contributed by atoms with van der Waals surface area (Å²) in [5, 5.41) is 25.6. The second-order valence-corrected chi connectivity index (χ2v) is 4.88. The molecule has 0 aliphatic carbocycles. The van der Waals surface area contributed by atoms with E-state index in [2.05, 4.69) is 10.5 Å². The van der Waals surface area contributed by atoms with Crippen LogP contribution in [0.5, 0.6) is 0 Å². The average molecular weight is 326 g/mol. The van der Waals surface area contributed by atoms with Gasteiger partial charge in [-0.25, -0.2) is 0 Å². The average Bonchev–Trinajstić information content (AvgIpc) is 2.55. The molecule has 0 radical (unpaired) electrons. The van der Waals surface area contributed by atoms with Crippen LogP contribution in [0.15, 0.2) is 59.2 Å². The quantitative estimate of drug-likeness (QED) is 0.490. The van der Waals surface area contributed by atoms with Crippen molar-refractivity contribution >= 4 is 29.4 Å². The maximum absolute atomic E-state index is 11.0. The van der Waals surface area contributed by atoms with Gasteiger partial charge in [0, 0.05) is 6.07 Å². The molecule has 0 aromatic heterocycles. The molecule has 0 amide bonds. The topological polar surface area (TPSA) is 111 Å². The smallest absolute Gasteiger partial charge is 0.272 e. The molecular formula is C16H14N4O4. The fraction of sp³-hybridized carbons (Fsp3) is 0.0625. The highest BCUT2D eigenvalue weighted by Crippen LogP contribution is 2.28. The second kappa shape index (κ2) is 7.63.